The number of nitrogens with zero attached hydrogens (tertiary/aromatic N) is 6. The molecule has 0 fully saturated rings. The van der Waals surface area contributed by atoms with Crippen molar-refractivity contribution in [3.05, 3.63) is 76.0 Å². The van der Waals surface area contributed by atoms with Crippen LogP contribution >= 0.6 is 0 Å². The van der Waals surface area contributed by atoms with Gasteiger partial charge in [0.15, 0.2) is 5.65 Å². The molecule has 134 valence electrons. The second-order valence-electron chi connectivity index (χ2n) is 6.36. The van der Waals surface area contributed by atoms with Crippen molar-refractivity contribution in [2.75, 3.05) is 0 Å². The maximum absolute atomic E-state index is 12.9. The molecule has 7 heteroatoms. The van der Waals surface area contributed by atoms with Crippen molar-refractivity contribution in [1.29, 1.82) is 5.26 Å². The quantitative estimate of drug-likeness (QED) is 0.561. The normalized spacial score (nSPS) is 11.0. The molecule has 0 saturated heterocycles. The predicted octanol–water partition coefficient (Wildman–Crippen LogP) is 2.38. The summed E-state index contributed by atoms with van der Waals surface area (Å²) in [7, 11) is 1.85. The summed E-state index contributed by atoms with van der Waals surface area (Å²) in [6, 6.07) is 12.2. The fourth-order valence-corrected chi connectivity index (χ4v) is 3.46. The van der Waals surface area contributed by atoms with E-state index < -0.39 is 0 Å². The molecule has 1 aromatic carbocycles. The lowest BCUT2D eigenvalue weighted by molar-refractivity contribution is 0.687. The Bertz CT molecular complexity index is 1220. The molecule has 27 heavy (non-hydrogen) atoms. The molecule has 0 N–H and O–H groups in total. The van der Waals surface area contributed by atoms with Gasteiger partial charge in [-0.3, -0.25) is 9.48 Å². The standard InChI is InChI=1S/C20H18N6O/c1-3-17-18(24(2)19-15(9-21)10-23-26(19)20(17)27)16-11-22-25(13-16)12-14-7-5-4-6-8-14/h4-8,10-11,13H,3,12H2,1-2H3. The minimum atomic E-state index is -0.196. The summed E-state index contributed by atoms with van der Waals surface area (Å²) in [6.07, 6.45) is 5.68. The minimum absolute atomic E-state index is 0.196. The van der Waals surface area contributed by atoms with Crippen LogP contribution in [-0.2, 0) is 20.0 Å². The van der Waals surface area contributed by atoms with Gasteiger partial charge < -0.3 is 4.57 Å². The molecule has 0 radical (unpaired) electrons. The molecule has 4 aromatic rings. The van der Waals surface area contributed by atoms with Crippen LogP contribution in [0.5, 0.6) is 0 Å². The topological polar surface area (TPSA) is 80.9 Å². The Kier molecular flexibility index (Phi) is 4.09. The molecule has 0 bridgehead atoms. The fraction of sp³-hybridized carbons (Fsp3) is 0.200. The Labute approximate surface area is 155 Å². The Balaban J connectivity index is 1.88. The van der Waals surface area contributed by atoms with Crippen LogP contribution in [0.15, 0.2) is 53.7 Å². The number of aryl methyl sites for hydroxylation is 1. The number of rotatable bonds is 4. The zero-order chi connectivity index (χ0) is 19.0. The van der Waals surface area contributed by atoms with Crippen molar-refractivity contribution in [2.45, 2.75) is 19.9 Å². The number of aromatic nitrogens is 5. The number of benzene rings is 1. The molecule has 0 amide bonds. The predicted molar refractivity (Wildman–Crippen MR) is 101 cm³/mol. The number of hydrogen-bond acceptors (Lipinski definition) is 4. The van der Waals surface area contributed by atoms with Crippen LogP contribution in [0.1, 0.15) is 23.6 Å². The van der Waals surface area contributed by atoms with E-state index in [1.165, 1.54) is 10.7 Å². The zero-order valence-electron chi connectivity index (χ0n) is 15.1. The van der Waals surface area contributed by atoms with Gasteiger partial charge in [0.25, 0.3) is 5.56 Å². The van der Waals surface area contributed by atoms with Crippen LogP contribution in [0.25, 0.3) is 16.9 Å². The van der Waals surface area contributed by atoms with Crippen LogP contribution in [0.4, 0.5) is 0 Å². The van der Waals surface area contributed by atoms with Crippen LogP contribution in [0.2, 0.25) is 0 Å². The van der Waals surface area contributed by atoms with Crippen LogP contribution in [0.3, 0.4) is 0 Å². The van der Waals surface area contributed by atoms with Crippen molar-refractivity contribution < 1.29 is 0 Å². The average Bonchev–Trinajstić information content (AvgIpc) is 3.32. The van der Waals surface area contributed by atoms with Gasteiger partial charge in [-0.25, -0.2) is 0 Å². The molecule has 0 aliphatic carbocycles. The van der Waals surface area contributed by atoms with Crippen LogP contribution in [-0.4, -0.2) is 24.0 Å². The first-order valence-electron chi connectivity index (χ1n) is 8.70. The lowest BCUT2D eigenvalue weighted by Crippen LogP contribution is -2.24. The molecule has 0 aliphatic rings. The molecular formula is C20H18N6O. The monoisotopic (exact) mass is 358 g/mol. The van der Waals surface area contributed by atoms with E-state index in [1.807, 2.05) is 59.7 Å². The molecular weight excluding hydrogens is 340 g/mol. The summed E-state index contributed by atoms with van der Waals surface area (Å²) >= 11 is 0. The van der Waals surface area contributed by atoms with Crippen LogP contribution in [0, 0.1) is 11.3 Å². The Morgan fingerprint density at radius 2 is 1.93 bits per heavy atom. The maximum Gasteiger partial charge on any atom is 0.278 e. The van der Waals surface area contributed by atoms with Gasteiger partial charge in [-0.2, -0.15) is 20.0 Å². The second-order valence-corrected chi connectivity index (χ2v) is 6.36. The van der Waals surface area contributed by atoms with Crippen molar-refractivity contribution in [3.63, 3.8) is 0 Å². The second kappa shape index (κ2) is 6.57. The van der Waals surface area contributed by atoms with Crippen LogP contribution < -0.4 is 5.56 Å². The molecule has 0 aliphatic heterocycles. The van der Waals surface area contributed by atoms with Crippen molar-refractivity contribution in [1.82, 2.24) is 24.0 Å². The lowest BCUT2D eigenvalue weighted by Gasteiger charge is -2.14. The van der Waals surface area contributed by atoms with E-state index >= 15 is 0 Å². The first-order chi connectivity index (χ1) is 13.1. The summed E-state index contributed by atoms with van der Waals surface area (Å²) in [6.45, 7) is 2.59. The van der Waals surface area contributed by atoms with E-state index in [9.17, 15) is 10.1 Å². The van der Waals surface area contributed by atoms with E-state index in [2.05, 4.69) is 16.3 Å². The van der Waals surface area contributed by atoms with E-state index in [-0.39, 0.29) is 5.56 Å². The third kappa shape index (κ3) is 2.72. The van der Waals surface area contributed by atoms with Gasteiger partial charge in [0, 0.05) is 24.4 Å². The molecule has 3 aromatic heterocycles. The highest BCUT2D eigenvalue weighted by atomic mass is 16.1. The van der Waals surface area contributed by atoms with E-state index in [0.717, 1.165) is 16.8 Å². The summed E-state index contributed by atoms with van der Waals surface area (Å²) in [5, 5.41) is 17.9. The van der Waals surface area contributed by atoms with Gasteiger partial charge in [-0.15, -0.1) is 0 Å². The van der Waals surface area contributed by atoms with Gasteiger partial charge in [0.1, 0.15) is 11.6 Å². The number of fused-ring (bicyclic) bond motifs is 1. The highest BCUT2D eigenvalue weighted by Gasteiger charge is 2.20. The molecule has 0 atom stereocenters. The van der Waals surface area contributed by atoms with Gasteiger partial charge in [0.05, 0.1) is 24.6 Å². The molecule has 3 heterocycles. The number of nitriles is 1. The van der Waals surface area contributed by atoms with Gasteiger partial charge >= 0.3 is 0 Å². The third-order valence-corrected chi connectivity index (χ3v) is 4.70. The zero-order valence-corrected chi connectivity index (χ0v) is 15.1. The Morgan fingerprint density at radius 1 is 1.15 bits per heavy atom. The largest absolute Gasteiger partial charge is 0.327 e. The number of hydrogen-bond donors (Lipinski definition) is 0. The van der Waals surface area contributed by atoms with Gasteiger partial charge in [0.2, 0.25) is 0 Å². The van der Waals surface area contributed by atoms with E-state index in [1.54, 1.807) is 6.20 Å². The lowest BCUT2D eigenvalue weighted by atomic mass is 10.1. The Hall–Kier alpha value is -3.66. The van der Waals surface area contributed by atoms with Crippen molar-refractivity contribution in [2.24, 2.45) is 7.05 Å². The molecule has 4 rings (SSSR count). The molecule has 0 saturated carbocycles. The molecule has 0 spiro atoms. The smallest absolute Gasteiger partial charge is 0.278 e. The molecule has 7 nitrogen and oxygen atoms in total. The maximum atomic E-state index is 12.9. The van der Waals surface area contributed by atoms with Gasteiger partial charge in [-0.1, -0.05) is 37.3 Å². The SMILES string of the molecule is CCc1c(-c2cnn(Cc3ccccc3)c2)n(C)c2c(C#N)cnn2c1=O. The third-order valence-electron chi connectivity index (χ3n) is 4.70. The fourth-order valence-electron chi connectivity index (χ4n) is 3.46. The summed E-state index contributed by atoms with van der Waals surface area (Å²) in [5.41, 5.74) is 4.08. The first kappa shape index (κ1) is 16.8. The minimum Gasteiger partial charge on any atom is -0.327 e. The highest BCUT2D eigenvalue weighted by Crippen LogP contribution is 2.24. The van der Waals surface area contributed by atoms with Crippen molar-refractivity contribution >= 4 is 5.65 Å². The van der Waals surface area contributed by atoms with E-state index in [0.29, 0.717) is 29.7 Å². The highest BCUT2D eigenvalue weighted by molar-refractivity contribution is 5.68. The first-order valence-corrected chi connectivity index (χ1v) is 8.70. The van der Waals surface area contributed by atoms with Crippen molar-refractivity contribution in [3.8, 4) is 17.3 Å². The summed E-state index contributed by atoms with van der Waals surface area (Å²) in [4.78, 5) is 12.9. The average molecular weight is 358 g/mol. The molecule has 0 unspecified atom stereocenters. The van der Waals surface area contributed by atoms with Gasteiger partial charge in [-0.05, 0) is 12.0 Å². The Morgan fingerprint density at radius 3 is 2.63 bits per heavy atom. The summed E-state index contributed by atoms with van der Waals surface area (Å²) in [5.74, 6) is 0. The summed E-state index contributed by atoms with van der Waals surface area (Å²) < 4.78 is 5.01. The van der Waals surface area contributed by atoms with E-state index in [4.69, 9.17) is 0 Å².